The molecule has 8 heteroatoms. The highest BCUT2D eigenvalue weighted by Gasteiger charge is 2.21. The number of fused-ring (bicyclic) bond motifs is 2. The number of nitrogens with one attached hydrogen (secondary N) is 1. The van der Waals surface area contributed by atoms with E-state index in [2.05, 4.69) is 27.3 Å². The van der Waals surface area contributed by atoms with E-state index in [0.29, 0.717) is 22.0 Å². The molecule has 0 atom stereocenters. The minimum Gasteiger partial charge on any atom is -0.494 e. The molecule has 0 saturated carbocycles. The van der Waals surface area contributed by atoms with Crippen LogP contribution < -0.4 is 10.1 Å². The van der Waals surface area contributed by atoms with Crippen LogP contribution >= 0.6 is 11.3 Å². The van der Waals surface area contributed by atoms with E-state index in [4.69, 9.17) is 4.74 Å². The molecule has 7 nitrogen and oxygen atoms in total. The number of nitrogens with zero attached hydrogens (tertiary/aromatic N) is 4. The molecule has 124 valence electrons. The standard InChI is InChI=1S/C16H17N5O2S/c1-20-7-5-11-13(9-20)24-16(18-11)19-15(22)10-8-17-21-6-3-4-12(23-2)14(10)21/h3-4,6,8H,5,7,9H2,1-2H3,(H,18,19,22). The highest BCUT2D eigenvalue weighted by atomic mass is 32.1. The molecule has 24 heavy (non-hydrogen) atoms. The number of carbonyl (C=O) groups excluding carboxylic acids is 1. The fraction of sp³-hybridized carbons (Fsp3) is 0.312. The number of ether oxygens (including phenoxy) is 1. The van der Waals surface area contributed by atoms with Crippen LogP contribution in [0.25, 0.3) is 5.52 Å². The van der Waals surface area contributed by atoms with E-state index < -0.39 is 0 Å². The van der Waals surface area contributed by atoms with Gasteiger partial charge in [-0.05, 0) is 19.2 Å². The lowest BCUT2D eigenvalue weighted by Gasteiger charge is -2.20. The quantitative estimate of drug-likeness (QED) is 0.788. The van der Waals surface area contributed by atoms with Gasteiger partial charge in [0, 0.05) is 30.6 Å². The maximum absolute atomic E-state index is 12.7. The largest absolute Gasteiger partial charge is 0.494 e. The molecule has 0 radical (unpaired) electrons. The first-order chi connectivity index (χ1) is 11.7. The van der Waals surface area contributed by atoms with Crippen molar-refractivity contribution in [2.24, 2.45) is 0 Å². The molecule has 3 aromatic rings. The van der Waals surface area contributed by atoms with Crippen molar-refractivity contribution in [2.45, 2.75) is 13.0 Å². The van der Waals surface area contributed by atoms with Crippen LogP contribution in [0.15, 0.2) is 24.5 Å². The number of methoxy groups -OCH3 is 1. The predicted octanol–water partition coefficient (Wildman–Crippen LogP) is 2.04. The summed E-state index contributed by atoms with van der Waals surface area (Å²) in [6, 6.07) is 3.64. The second-order valence-corrected chi connectivity index (χ2v) is 6.84. The van der Waals surface area contributed by atoms with Gasteiger partial charge in [0.2, 0.25) is 0 Å². The van der Waals surface area contributed by atoms with Gasteiger partial charge in [-0.2, -0.15) is 5.10 Å². The Hall–Kier alpha value is -2.45. The SMILES string of the molecule is COc1cccn2ncc(C(=O)Nc3nc4c(s3)CN(C)CC4)c12. The van der Waals surface area contributed by atoms with Crippen molar-refractivity contribution in [3.63, 3.8) is 0 Å². The van der Waals surface area contributed by atoms with Gasteiger partial charge in [0.1, 0.15) is 11.3 Å². The van der Waals surface area contributed by atoms with Crippen molar-refractivity contribution in [2.75, 3.05) is 26.0 Å². The van der Waals surface area contributed by atoms with E-state index in [1.54, 1.807) is 24.0 Å². The van der Waals surface area contributed by atoms with Crippen LogP contribution in [-0.2, 0) is 13.0 Å². The summed E-state index contributed by atoms with van der Waals surface area (Å²) in [5.41, 5.74) is 2.21. The Labute approximate surface area is 142 Å². The molecule has 1 N–H and O–H groups in total. The van der Waals surface area contributed by atoms with Gasteiger partial charge in [-0.25, -0.2) is 9.50 Å². The van der Waals surface area contributed by atoms with Gasteiger partial charge in [-0.1, -0.05) is 0 Å². The zero-order valence-electron chi connectivity index (χ0n) is 13.4. The lowest BCUT2D eigenvalue weighted by Crippen LogP contribution is -2.25. The number of pyridine rings is 1. The Bertz CT molecular complexity index is 916. The van der Waals surface area contributed by atoms with Crippen molar-refractivity contribution in [1.29, 1.82) is 0 Å². The molecule has 1 aliphatic heterocycles. The first-order valence-corrected chi connectivity index (χ1v) is 8.46. The first-order valence-electron chi connectivity index (χ1n) is 7.64. The zero-order valence-corrected chi connectivity index (χ0v) is 14.3. The Balaban J connectivity index is 1.63. The molecular weight excluding hydrogens is 326 g/mol. The summed E-state index contributed by atoms with van der Waals surface area (Å²) in [5, 5.41) is 7.75. The Morgan fingerprint density at radius 1 is 1.46 bits per heavy atom. The van der Waals surface area contributed by atoms with Gasteiger partial charge in [-0.3, -0.25) is 10.1 Å². The van der Waals surface area contributed by atoms with Gasteiger partial charge in [-0.15, -0.1) is 11.3 Å². The fourth-order valence-corrected chi connectivity index (χ4v) is 3.97. The lowest BCUT2D eigenvalue weighted by atomic mass is 10.2. The smallest absolute Gasteiger partial charge is 0.261 e. The molecule has 4 rings (SSSR count). The molecule has 4 heterocycles. The summed E-state index contributed by atoms with van der Waals surface area (Å²) in [6.45, 7) is 1.88. The molecule has 0 aliphatic carbocycles. The first kappa shape index (κ1) is 15.1. The highest BCUT2D eigenvalue weighted by Crippen LogP contribution is 2.29. The average Bonchev–Trinajstić information content (AvgIpc) is 3.17. The number of likely N-dealkylation sites (N-methyl/N-ethyl adjacent to an activating group) is 1. The number of hydrogen-bond acceptors (Lipinski definition) is 6. The third-order valence-corrected chi connectivity index (χ3v) is 5.11. The highest BCUT2D eigenvalue weighted by molar-refractivity contribution is 7.15. The molecule has 0 spiro atoms. The number of anilines is 1. The predicted molar refractivity (Wildman–Crippen MR) is 91.8 cm³/mol. The van der Waals surface area contributed by atoms with Gasteiger partial charge >= 0.3 is 0 Å². The number of amides is 1. The van der Waals surface area contributed by atoms with E-state index in [0.717, 1.165) is 25.2 Å². The molecule has 0 saturated heterocycles. The van der Waals surface area contributed by atoms with Gasteiger partial charge in [0.05, 0.1) is 24.6 Å². The molecule has 0 aromatic carbocycles. The van der Waals surface area contributed by atoms with Crippen molar-refractivity contribution < 1.29 is 9.53 Å². The van der Waals surface area contributed by atoms with E-state index in [1.807, 2.05) is 12.1 Å². The molecule has 0 unspecified atom stereocenters. The number of rotatable bonds is 3. The normalized spacial score (nSPS) is 14.6. The average molecular weight is 343 g/mol. The minimum absolute atomic E-state index is 0.228. The maximum atomic E-state index is 12.7. The van der Waals surface area contributed by atoms with Crippen LogP contribution in [0.1, 0.15) is 20.9 Å². The van der Waals surface area contributed by atoms with E-state index in [1.165, 1.54) is 16.2 Å². The topological polar surface area (TPSA) is 71.8 Å². The van der Waals surface area contributed by atoms with Crippen LogP contribution in [0.4, 0.5) is 5.13 Å². The number of thiazole rings is 1. The Morgan fingerprint density at radius 3 is 3.17 bits per heavy atom. The van der Waals surface area contributed by atoms with Crippen LogP contribution in [0.2, 0.25) is 0 Å². The van der Waals surface area contributed by atoms with Crippen molar-refractivity contribution in [3.05, 3.63) is 40.7 Å². The van der Waals surface area contributed by atoms with E-state index >= 15 is 0 Å². The van der Waals surface area contributed by atoms with Crippen molar-refractivity contribution in [1.82, 2.24) is 19.5 Å². The minimum atomic E-state index is -0.228. The molecule has 0 fully saturated rings. The molecule has 3 aromatic heterocycles. The Kier molecular flexibility index (Phi) is 3.70. The van der Waals surface area contributed by atoms with E-state index in [9.17, 15) is 4.79 Å². The van der Waals surface area contributed by atoms with Gasteiger partial charge < -0.3 is 9.64 Å². The molecule has 0 bridgehead atoms. The van der Waals surface area contributed by atoms with Gasteiger partial charge in [0.25, 0.3) is 5.91 Å². The lowest BCUT2D eigenvalue weighted by molar-refractivity contribution is 0.102. The molecule has 1 aliphatic rings. The summed E-state index contributed by atoms with van der Waals surface area (Å²) < 4.78 is 6.98. The number of carbonyl (C=O) groups is 1. The summed E-state index contributed by atoms with van der Waals surface area (Å²) in [6.07, 6.45) is 4.25. The zero-order chi connectivity index (χ0) is 16.7. The van der Waals surface area contributed by atoms with Crippen LogP contribution in [0.5, 0.6) is 5.75 Å². The summed E-state index contributed by atoms with van der Waals surface area (Å²) in [5.74, 6) is 0.383. The van der Waals surface area contributed by atoms with Crippen LogP contribution in [-0.4, -0.2) is 46.1 Å². The second-order valence-electron chi connectivity index (χ2n) is 5.76. The fourth-order valence-electron chi connectivity index (χ4n) is 2.88. The van der Waals surface area contributed by atoms with Crippen molar-refractivity contribution in [3.8, 4) is 5.75 Å². The maximum Gasteiger partial charge on any atom is 0.261 e. The van der Waals surface area contributed by atoms with E-state index in [-0.39, 0.29) is 5.91 Å². The number of aromatic nitrogens is 3. The van der Waals surface area contributed by atoms with Crippen LogP contribution in [0.3, 0.4) is 0 Å². The Morgan fingerprint density at radius 2 is 2.33 bits per heavy atom. The summed E-state index contributed by atoms with van der Waals surface area (Å²) in [7, 11) is 3.67. The molecule has 1 amide bonds. The summed E-state index contributed by atoms with van der Waals surface area (Å²) >= 11 is 1.54. The summed E-state index contributed by atoms with van der Waals surface area (Å²) in [4.78, 5) is 20.7. The van der Waals surface area contributed by atoms with Gasteiger partial charge in [0.15, 0.2) is 5.13 Å². The molecular formula is C16H17N5O2S. The number of hydrogen-bond donors (Lipinski definition) is 1. The second kappa shape index (κ2) is 5.88. The van der Waals surface area contributed by atoms with Crippen molar-refractivity contribution >= 4 is 27.9 Å². The van der Waals surface area contributed by atoms with Crippen LogP contribution in [0, 0.1) is 0 Å². The third kappa shape index (κ3) is 2.53. The monoisotopic (exact) mass is 343 g/mol. The third-order valence-electron chi connectivity index (χ3n) is 4.11.